The fourth-order valence-electron chi connectivity index (χ4n) is 4.70. The van der Waals surface area contributed by atoms with Gasteiger partial charge < -0.3 is 18.9 Å². The number of carbonyl (C=O) groups is 1. The fraction of sp³-hybridized carbons (Fsp3) is 0.524. The van der Waals surface area contributed by atoms with Crippen LogP contribution in [0.2, 0.25) is 0 Å². The highest BCUT2D eigenvalue weighted by Gasteiger charge is 2.38. The molecular weight excluding hydrogens is 358 g/mol. The van der Waals surface area contributed by atoms with Crippen LogP contribution in [0.5, 0.6) is 11.5 Å². The van der Waals surface area contributed by atoms with Crippen molar-refractivity contribution in [1.29, 1.82) is 0 Å². The Balaban J connectivity index is 1.34. The van der Waals surface area contributed by atoms with Gasteiger partial charge in [-0.1, -0.05) is 5.16 Å². The average Bonchev–Trinajstić information content (AvgIpc) is 3.17. The van der Waals surface area contributed by atoms with Crippen molar-refractivity contribution in [3.05, 3.63) is 40.8 Å². The molecule has 2 atom stereocenters. The molecule has 1 aromatic heterocycles. The molecule has 4 aliphatic heterocycles. The molecule has 0 radical (unpaired) electrons. The van der Waals surface area contributed by atoms with Gasteiger partial charge in [0.25, 0.3) is 5.91 Å². The van der Waals surface area contributed by atoms with Gasteiger partial charge in [0.2, 0.25) is 6.79 Å². The van der Waals surface area contributed by atoms with Crippen molar-refractivity contribution in [3.8, 4) is 11.5 Å². The zero-order chi connectivity index (χ0) is 19.3. The number of carbonyl (C=O) groups excluding carboxylic acids is 1. The molecule has 7 heteroatoms. The number of amides is 1. The number of fused-ring (bicyclic) bond motifs is 5. The van der Waals surface area contributed by atoms with Crippen molar-refractivity contribution < 1.29 is 18.8 Å². The topological polar surface area (TPSA) is 68.0 Å². The highest BCUT2D eigenvalue weighted by atomic mass is 16.7. The predicted octanol–water partition coefficient (Wildman–Crippen LogP) is 2.76. The first kappa shape index (κ1) is 17.6. The molecule has 1 amide bonds. The van der Waals surface area contributed by atoms with Gasteiger partial charge in [0.05, 0.1) is 5.69 Å². The van der Waals surface area contributed by atoms with E-state index < -0.39 is 0 Å². The highest BCUT2D eigenvalue weighted by Crippen LogP contribution is 2.35. The maximum atomic E-state index is 13.3. The molecule has 2 bridgehead atoms. The Hall–Kier alpha value is -2.54. The van der Waals surface area contributed by atoms with Gasteiger partial charge in [-0.25, -0.2) is 0 Å². The highest BCUT2D eigenvalue weighted by molar-refractivity contribution is 5.95. The van der Waals surface area contributed by atoms with E-state index in [1.54, 1.807) is 0 Å². The number of aromatic nitrogens is 1. The number of benzene rings is 1. The minimum atomic E-state index is 0.0900. The predicted molar refractivity (Wildman–Crippen MR) is 101 cm³/mol. The van der Waals surface area contributed by atoms with Crippen LogP contribution in [0.4, 0.5) is 0 Å². The zero-order valence-corrected chi connectivity index (χ0v) is 16.3. The van der Waals surface area contributed by atoms with Crippen LogP contribution in [0.25, 0.3) is 0 Å². The van der Waals surface area contributed by atoms with Gasteiger partial charge in [0.1, 0.15) is 5.76 Å². The van der Waals surface area contributed by atoms with Crippen LogP contribution < -0.4 is 9.47 Å². The monoisotopic (exact) mass is 383 g/mol. The van der Waals surface area contributed by atoms with E-state index in [0.717, 1.165) is 44.1 Å². The Morgan fingerprint density at radius 3 is 2.82 bits per heavy atom. The quantitative estimate of drug-likeness (QED) is 0.812. The number of nitrogens with zero attached hydrogens (tertiary/aromatic N) is 3. The van der Waals surface area contributed by atoms with Gasteiger partial charge in [0.15, 0.2) is 11.5 Å². The Bertz CT molecular complexity index is 890. The molecule has 148 valence electrons. The summed E-state index contributed by atoms with van der Waals surface area (Å²) in [7, 11) is 0. The molecule has 0 spiro atoms. The SMILES string of the molecule is Cc1noc(C)c1CN1C[C@@H]2CC[C@H](C1)N(C(=O)c1ccc3c(c1)OCO3)C2. The van der Waals surface area contributed by atoms with Gasteiger partial charge in [-0.15, -0.1) is 0 Å². The minimum absolute atomic E-state index is 0.0900. The van der Waals surface area contributed by atoms with Crippen molar-refractivity contribution in [2.24, 2.45) is 5.92 Å². The molecule has 3 saturated heterocycles. The van der Waals surface area contributed by atoms with Crippen LogP contribution in [0.15, 0.2) is 22.7 Å². The van der Waals surface area contributed by atoms with E-state index in [2.05, 4.69) is 15.0 Å². The summed E-state index contributed by atoms with van der Waals surface area (Å²) < 4.78 is 16.1. The van der Waals surface area contributed by atoms with Crippen molar-refractivity contribution >= 4 is 5.91 Å². The molecule has 1 aromatic carbocycles. The lowest BCUT2D eigenvalue weighted by molar-refractivity contribution is 0.0584. The van der Waals surface area contributed by atoms with Crippen molar-refractivity contribution in [3.63, 3.8) is 0 Å². The summed E-state index contributed by atoms with van der Waals surface area (Å²) in [6, 6.07) is 5.72. The zero-order valence-electron chi connectivity index (χ0n) is 16.3. The third kappa shape index (κ3) is 3.03. The first-order valence-electron chi connectivity index (χ1n) is 9.93. The van der Waals surface area contributed by atoms with Gasteiger partial charge in [0, 0.05) is 43.3 Å². The molecule has 7 nitrogen and oxygen atoms in total. The van der Waals surface area contributed by atoms with Crippen molar-refractivity contribution in [2.45, 2.75) is 39.3 Å². The first-order chi connectivity index (χ1) is 13.6. The number of aryl methyl sites for hydroxylation is 2. The Labute approximate surface area is 164 Å². The maximum Gasteiger partial charge on any atom is 0.254 e. The normalized spacial score (nSPS) is 23.9. The Kier molecular flexibility index (Phi) is 4.27. The van der Waals surface area contributed by atoms with E-state index in [4.69, 9.17) is 14.0 Å². The van der Waals surface area contributed by atoms with Crippen LogP contribution >= 0.6 is 0 Å². The molecule has 2 aromatic rings. The van der Waals surface area contributed by atoms with Crippen LogP contribution in [0.3, 0.4) is 0 Å². The van der Waals surface area contributed by atoms with Crippen molar-refractivity contribution in [1.82, 2.24) is 15.0 Å². The van der Waals surface area contributed by atoms with E-state index in [0.29, 0.717) is 23.0 Å². The number of rotatable bonds is 3. The molecule has 0 saturated carbocycles. The number of hydrogen-bond acceptors (Lipinski definition) is 6. The maximum absolute atomic E-state index is 13.3. The van der Waals surface area contributed by atoms with Crippen LogP contribution in [-0.2, 0) is 6.54 Å². The number of piperidine rings is 1. The third-order valence-corrected chi connectivity index (χ3v) is 6.23. The smallest absolute Gasteiger partial charge is 0.254 e. The molecule has 4 aliphatic rings. The summed E-state index contributed by atoms with van der Waals surface area (Å²) in [5.74, 6) is 2.84. The van der Waals surface area contributed by atoms with Gasteiger partial charge in [-0.05, 0) is 50.8 Å². The molecule has 6 rings (SSSR count). The molecule has 0 N–H and O–H groups in total. The summed E-state index contributed by atoms with van der Waals surface area (Å²) in [5.41, 5.74) is 2.81. The van der Waals surface area contributed by atoms with E-state index in [9.17, 15) is 4.79 Å². The van der Waals surface area contributed by atoms with Gasteiger partial charge >= 0.3 is 0 Å². The Morgan fingerprint density at radius 1 is 1.14 bits per heavy atom. The second-order valence-corrected chi connectivity index (χ2v) is 8.12. The van der Waals surface area contributed by atoms with Gasteiger partial charge in [-0.3, -0.25) is 9.69 Å². The van der Waals surface area contributed by atoms with E-state index >= 15 is 0 Å². The largest absolute Gasteiger partial charge is 0.454 e. The Morgan fingerprint density at radius 2 is 2.00 bits per heavy atom. The lowest BCUT2D eigenvalue weighted by Crippen LogP contribution is -2.47. The van der Waals surface area contributed by atoms with Crippen LogP contribution in [0, 0.1) is 19.8 Å². The molecular formula is C21H25N3O4. The molecule has 3 fully saturated rings. The number of ether oxygens (including phenoxy) is 2. The first-order valence-corrected chi connectivity index (χ1v) is 9.93. The third-order valence-electron chi connectivity index (χ3n) is 6.23. The van der Waals surface area contributed by atoms with Gasteiger partial charge in [-0.2, -0.15) is 0 Å². The lowest BCUT2D eigenvalue weighted by Gasteiger charge is -2.36. The fourth-order valence-corrected chi connectivity index (χ4v) is 4.70. The van der Waals surface area contributed by atoms with E-state index in [1.807, 2.05) is 32.0 Å². The molecule has 28 heavy (non-hydrogen) atoms. The lowest BCUT2D eigenvalue weighted by atomic mass is 9.94. The summed E-state index contributed by atoms with van der Waals surface area (Å²) in [4.78, 5) is 17.8. The summed E-state index contributed by atoms with van der Waals surface area (Å²) >= 11 is 0. The van der Waals surface area contributed by atoms with Crippen LogP contribution in [-0.4, -0.2) is 53.3 Å². The molecule has 0 unspecified atom stereocenters. The molecule has 0 aliphatic carbocycles. The summed E-state index contributed by atoms with van der Waals surface area (Å²) in [5, 5.41) is 4.08. The van der Waals surface area contributed by atoms with E-state index in [1.165, 1.54) is 12.0 Å². The number of hydrogen-bond donors (Lipinski definition) is 0. The average molecular weight is 383 g/mol. The standard InChI is InChI=1S/C21H25N3O4/c1-13-18(14(2)28-22-13)11-23-8-15-3-5-17(10-23)24(9-15)21(25)16-4-6-19-20(7-16)27-12-26-19/h4,6-7,15,17H,3,5,8-12H2,1-2H3/t15-,17+/m0/s1. The van der Waals surface area contributed by atoms with Crippen LogP contribution in [0.1, 0.15) is 40.2 Å². The summed E-state index contributed by atoms with van der Waals surface area (Å²) in [6.45, 7) is 7.72. The molecule has 5 heterocycles. The second kappa shape index (κ2) is 6.81. The second-order valence-electron chi connectivity index (χ2n) is 8.12. The summed E-state index contributed by atoms with van der Waals surface area (Å²) in [6.07, 6.45) is 2.23. The van der Waals surface area contributed by atoms with Crippen molar-refractivity contribution in [2.75, 3.05) is 26.4 Å². The minimum Gasteiger partial charge on any atom is -0.454 e. The van der Waals surface area contributed by atoms with E-state index in [-0.39, 0.29) is 18.7 Å².